The molecule has 0 aromatic rings. The fourth-order valence-electron chi connectivity index (χ4n) is 1.83. The van der Waals surface area contributed by atoms with E-state index in [1.807, 2.05) is 0 Å². The molecule has 1 aliphatic heterocycles. The van der Waals surface area contributed by atoms with Crippen LogP contribution < -0.4 is 0 Å². The lowest BCUT2D eigenvalue weighted by Crippen LogP contribution is -2.45. The third-order valence-corrected chi connectivity index (χ3v) is 3.11. The summed E-state index contributed by atoms with van der Waals surface area (Å²) in [7, 11) is 1.42. The smallest absolute Gasteiger partial charge is 0.327 e. The zero-order valence-electron chi connectivity index (χ0n) is 10.3. The molecular weight excluding hydrogens is 233 g/mol. The van der Waals surface area contributed by atoms with Crippen molar-refractivity contribution in [1.29, 1.82) is 0 Å². The van der Waals surface area contributed by atoms with Crippen LogP contribution in [0, 0.1) is 5.92 Å². The molecule has 0 saturated carbocycles. The number of amides is 2. The van der Waals surface area contributed by atoms with E-state index < -0.39 is 12.6 Å². The van der Waals surface area contributed by atoms with Gasteiger partial charge in [0.2, 0.25) is 0 Å². The number of urea groups is 1. The highest BCUT2D eigenvalue weighted by Gasteiger charge is 2.29. The van der Waals surface area contributed by atoms with Gasteiger partial charge in [-0.15, -0.1) is 0 Å². The second-order valence-corrected chi connectivity index (χ2v) is 4.74. The molecule has 1 aliphatic rings. The van der Waals surface area contributed by atoms with E-state index in [2.05, 4.69) is 6.92 Å². The Balaban J connectivity index is 2.36. The lowest BCUT2D eigenvalue weighted by molar-refractivity contribution is -0.136. The van der Waals surface area contributed by atoms with Gasteiger partial charge in [-0.3, -0.25) is 0 Å². The Morgan fingerprint density at radius 2 is 1.88 bits per heavy atom. The Morgan fingerprint density at radius 1 is 1.35 bits per heavy atom. The summed E-state index contributed by atoms with van der Waals surface area (Å²) in [5.41, 5.74) is 0. The molecule has 0 aromatic carbocycles. The maximum atomic E-state index is 12.0. The first kappa shape index (κ1) is 14.1. The van der Waals surface area contributed by atoms with Crippen LogP contribution in [0.5, 0.6) is 0 Å². The van der Waals surface area contributed by atoms with Gasteiger partial charge in [0.15, 0.2) is 0 Å². The van der Waals surface area contributed by atoms with Crippen molar-refractivity contribution in [3.05, 3.63) is 0 Å². The maximum absolute atomic E-state index is 12.0. The topological polar surface area (TPSA) is 23.6 Å². The largest absolute Gasteiger partial charge is 0.390 e. The highest BCUT2D eigenvalue weighted by atomic mass is 19.4. The van der Waals surface area contributed by atoms with E-state index in [1.54, 1.807) is 4.90 Å². The number of rotatable bonds is 2. The molecule has 0 unspecified atom stereocenters. The van der Waals surface area contributed by atoms with Crippen molar-refractivity contribution >= 4 is 6.03 Å². The minimum Gasteiger partial charge on any atom is -0.327 e. The molecule has 0 radical (unpaired) electrons. The molecular formula is C11H19F3N2O. The summed E-state index contributed by atoms with van der Waals surface area (Å²) in [5, 5.41) is 0. The summed E-state index contributed by atoms with van der Waals surface area (Å²) in [5.74, 6) is 0.597. The molecule has 6 heteroatoms. The number of carbonyl (C=O) groups excluding carboxylic acids is 1. The van der Waals surface area contributed by atoms with Crippen LogP contribution in [0.3, 0.4) is 0 Å². The summed E-state index contributed by atoms with van der Waals surface area (Å²) in [6.07, 6.45) is -3.29. The number of piperidine rings is 1. The Hall–Kier alpha value is -0.940. The maximum Gasteiger partial charge on any atom is 0.390 e. The average Bonchev–Trinajstić information content (AvgIpc) is 2.25. The lowest BCUT2D eigenvalue weighted by atomic mass is 10.00. The molecule has 0 N–H and O–H groups in total. The summed E-state index contributed by atoms with van der Waals surface area (Å²) < 4.78 is 36.1. The van der Waals surface area contributed by atoms with Gasteiger partial charge < -0.3 is 9.80 Å². The monoisotopic (exact) mass is 252 g/mol. The Bertz CT molecular complexity index is 260. The minimum absolute atomic E-state index is 0.269. The van der Waals surface area contributed by atoms with Crippen molar-refractivity contribution in [3.63, 3.8) is 0 Å². The van der Waals surface area contributed by atoms with E-state index in [9.17, 15) is 18.0 Å². The van der Waals surface area contributed by atoms with Crippen LogP contribution in [-0.2, 0) is 0 Å². The van der Waals surface area contributed by atoms with Gasteiger partial charge in [0.25, 0.3) is 0 Å². The van der Waals surface area contributed by atoms with E-state index >= 15 is 0 Å². The van der Waals surface area contributed by atoms with Crippen LogP contribution in [-0.4, -0.2) is 48.7 Å². The number of hydrogen-bond acceptors (Lipinski definition) is 1. The van der Waals surface area contributed by atoms with E-state index in [4.69, 9.17) is 0 Å². The van der Waals surface area contributed by atoms with Gasteiger partial charge in [0, 0.05) is 26.7 Å². The third-order valence-electron chi connectivity index (χ3n) is 3.11. The molecule has 0 spiro atoms. The van der Waals surface area contributed by atoms with Gasteiger partial charge in [0.05, 0.1) is 6.42 Å². The Labute approximate surface area is 99.6 Å². The minimum atomic E-state index is -4.20. The molecule has 100 valence electrons. The van der Waals surface area contributed by atoms with Crippen LogP contribution in [0.1, 0.15) is 26.2 Å². The first-order valence-electron chi connectivity index (χ1n) is 5.86. The van der Waals surface area contributed by atoms with E-state index in [0.29, 0.717) is 19.0 Å². The summed E-state index contributed by atoms with van der Waals surface area (Å²) in [6.45, 7) is 3.15. The zero-order valence-corrected chi connectivity index (χ0v) is 10.3. The molecule has 1 saturated heterocycles. The van der Waals surface area contributed by atoms with Crippen molar-refractivity contribution < 1.29 is 18.0 Å². The predicted octanol–water partition coefficient (Wildman–Crippen LogP) is 2.72. The normalized spacial score (nSPS) is 18.3. The summed E-state index contributed by atoms with van der Waals surface area (Å²) in [4.78, 5) is 14.6. The fraction of sp³-hybridized carbons (Fsp3) is 0.909. The highest BCUT2D eigenvalue weighted by Crippen LogP contribution is 2.21. The summed E-state index contributed by atoms with van der Waals surface area (Å²) in [6, 6.07) is -0.291. The molecule has 1 rings (SSSR count). The van der Waals surface area contributed by atoms with Crippen LogP contribution in [0.15, 0.2) is 0 Å². The Morgan fingerprint density at radius 3 is 2.35 bits per heavy atom. The molecule has 0 bridgehead atoms. The molecule has 2 amide bonds. The molecule has 1 heterocycles. The van der Waals surface area contributed by atoms with Crippen LogP contribution in [0.2, 0.25) is 0 Å². The molecule has 1 fully saturated rings. The van der Waals surface area contributed by atoms with Crippen LogP contribution >= 0.6 is 0 Å². The van der Waals surface area contributed by atoms with Gasteiger partial charge >= 0.3 is 12.2 Å². The molecule has 0 aliphatic carbocycles. The van der Waals surface area contributed by atoms with Gasteiger partial charge in [-0.1, -0.05) is 6.92 Å². The number of hydrogen-bond donors (Lipinski definition) is 0. The van der Waals surface area contributed by atoms with Crippen molar-refractivity contribution in [2.45, 2.75) is 32.4 Å². The van der Waals surface area contributed by atoms with Gasteiger partial charge in [-0.05, 0) is 18.8 Å². The third kappa shape index (κ3) is 4.83. The van der Waals surface area contributed by atoms with Gasteiger partial charge in [0.1, 0.15) is 0 Å². The Kier molecular flexibility index (Phi) is 4.65. The van der Waals surface area contributed by atoms with Gasteiger partial charge in [-0.25, -0.2) is 4.79 Å². The van der Waals surface area contributed by atoms with Crippen molar-refractivity contribution in [2.24, 2.45) is 5.92 Å². The van der Waals surface area contributed by atoms with Crippen molar-refractivity contribution in [2.75, 3.05) is 26.7 Å². The molecule has 0 aromatic heterocycles. The SMILES string of the molecule is CC1CCN(C(=O)N(C)CCC(F)(F)F)CC1. The number of nitrogens with zero attached hydrogens (tertiary/aromatic N) is 2. The van der Waals surface area contributed by atoms with Crippen LogP contribution in [0.25, 0.3) is 0 Å². The van der Waals surface area contributed by atoms with E-state index in [0.717, 1.165) is 17.7 Å². The summed E-state index contributed by atoms with van der Waals surface area (Å²) >= 11 is 0. The second kappa shape index (κ2) is 5.60. The van der Waals surface area contributed by atoms with Crippen molar-refractivity contribution in [3.8, 4) is 0 Å². The number of halogens is 3. The second-order valence-electron chi connectivity index (χ2n) is 4.74. The van der Waals surface area contributed by atoms with Gasteiger partial charge in [-0.2, -0.15) is 13.2 Å². The van der Waals surface area contributed by atoms with Crippen LogP contribution in [0.4, 0.5) is 18.0 Å². The lowest BCUT2D eigenvalue weighted by Gasteiger charge is -2.33. The average molecular weight is 252 g/mol. The number of alkyl halides is 3. The quantitative estimate of drug-likeness (QED) is 0.741. The highest BCUT2D eigenvalue weighted by molar-refractivity contribution is 5.74. The first-order valence-corrected chi connectivity index (χ1v) is 5.86. The first-order chi connectivity index (χ1) is 7.79. The number of carbonyl (C=O) groups is 1. The van der Waals surface area contributed by atoms with E-state index in [-0.39, 0.29) is 12.6 Å². The predicted molar refractivity (Wildman–Crippen MR) is 58.7 cm³/mol. The standard InChI is InChI=1S/C11H19F3N2O/c1-9-3-6-16(7-4-9)10(17)15(2)8-5-11(12,13)14/h9H,3-8H2,1-2H3. The van der Waals surface area contributed by atoms with Crippen molar-refractivity contribution in [1.82, 2.24) is 9.80 Å². The molecule has 0 atom stereocenters. The zero-order chi connectivity index (χ0) is 13.1. The fourth-order valence-corrected chi connectivity index (χ4v) is 1.83. The molecule has 17 heavy (non-hydrogen) atoms. The molecule has 3 nitrogen and oxygen atoms in total. The number of likely N-dealkylation sites (tertiary alicyclic amines) is 1. The van der Waals surface area contributed by atoms with E-state index in [1.165, 1.54) is 7.05 Å².